The van der Waals surface area contributed by atoms with Crippen molar-refractivity contribution in [3.8, 4) is 0 Å². The van der Waals surface area contributed by atoms with Crippen molar-refractivity contribution in [2.75, 3.05) is 0 Å². The minimum absolute atomic E-state index is 0.833. The van der Waals surface area contributed by atoms with Gasteiger partial charge in [0.25, 0.3) is 0 Å². The molecule has 0 aliphatic heterocycles. The van der Waals surface area contributed by atoms with E-state index in [0.29, 0.717) is 0 Å². The highest BCUT2D eigenvalue weighted by atomic mass is 32.1. The molecule has 0 bridgehead atoms. The van der Waals surface area contributed by atoms with Gasteiger partial charge in [0.05, 0.1) is 6.20 Å². The van der Waals surface area contributed by atoms with E-state index in [1.54, 1.807) is 30.9 Å². The van der Waals surface area contributed by atoms with Gasteiger partial charge in [0.1, 0.15) is 6.26 Å². The predicted octanol–water partition coefficient (Wildman–Crippen LogP) is 9.89. The molecule has 36 heavy (non-hydrogen) atoms. The lowest BCUT2D eigenvalue weighted by Crippen LogP contribution is -1.66. The summed E-state index contributed by atoms with van der Waals surface area (Å²) in [6.45, 7) is 26.0. The maximum absolute atomic E-state index is 4.33. The molecule has 4 aromatic rings. The van der Waals surface area contributed by atoms with Crippen LogP contribution in [0.15, 0.2) is 83.7 Å². The van der Waals surface area contributed by atoms with Gasteiger partial charge in [-0.1, -0.05) is 88.2 Å². The minimum atomic E-state index is 0.833. The van der Waals surface area contributed by atoms with Gasteiger partial charge in [-0.15, -0.1) is 0 Å². The number of aromatic nitrogens is 5. The number of hydrogen-bond acceptors (Lipinski definition) is 5. The molecule has 0 amide bonds. The number of nitrogens with one attached hydrogen (secondary N) is 2. The van der Waals surface area contributed by atoms with Crippen LogP contribution < -0.4 is 0 Å². The van der Waals surface area contributed by atoms with E-state index in [1.165, 1.54) is 17.8 Å². The van der Waals surface area contributed by atoms with Gasteiger partial charge in [0.2, 0.25) is 0 Å². The highest BCUT2D eigenvalue weighted by molar-refractivity contribution is 7.03. The van der Waals surface area contributed by atoms with Crippen molar-refractivity contribution >= 4 is 11.5 Å². The number of nitrogens with zero attached hydrogens (tertiary/aromatic N) is 3. The predicted molar refractivity (Wildman–Crippen MR) is 160 cm³/mol. The van der Waals surface area contributed by atoms with Gasteiger partial charge >= 0.3 is 0 Å². The minimum Gasteiger partial charge on any atom is -0.368 e. The van der Waals surface area contributed by atoms with Crippen LogP contribution in [0.5, 0.6) is 0 Å². The van der Waals surface area contributed by atoms with E-state index in [-0.39, 0.29) is 0 Å². The SMILES string of the molecule is CC(C)C.CC(C)C.CC(C)C.CC(C)C.c1cc[nH]c1.c1cn[nH]c1.c1cnoc1.c1cnsc1. The summed E-state index contributed by atoms with van der Waals surface area (Å²) in [7, 11) is 0. The summed E-state index contributed by atoms with van der Waals surface area (Å²) >= 11 is 1.46. The van der Waals surface area contributed by atoms with Gasteiger partial charge in [-0.05, 0) is 65.5 Å². The Kier molecular flexibility index (Phi) is 41.5. The summed E-state index contributed by atoms with van der Waals surface area (Å²) < 4.78 is 8.10. The second kappa shape index (κ2) is 36.9. The first-order valence-electron chi connectivity index (χ1n) is 12.6. The standard InChI is InChI=1S/C4H5N.4C4H10.C3H4N2.C3H3NO.C3H3NS/c1-2-4-5-3-1;4*1-4(2)3;3*1-2-4-5-3-1/h1-5H;4*4H,1-3H3;1-3H,(H,4,5);2*1-3H. The van der Waals surface area contributed by atoms with Gasteiger partial charge in [0, 0.05) is 36.4 Å². The van der Waals surface area contributed by atoms with E-state index in [9.17, 15) is 0 Å². The molecule has 2 N–H and O–H groups in total. The van der Waals surface area contributed by atoms with E-state index >= 15 is 0 Å². The maximum Gasteiger partial charge on any atom is 0.123 e. The molecule has 7 heteroatoms. The lowest BCUT2D eigenvalue weighted by molar-refractivity contribution is 0.420. The first-order valence-corrected chi connectivity index (χ1v) is 13.5. The molecule has 0 saturated heterocycles. The van der Waals surface area contributed by atoms with Crippen LogP contribution in [0.2, 0.25) is 0 Å². The number of aromatic amines is 2. The molecule has 0 radical (unpaired) electrons. The molecule has 0 saturated carbocycles. The molecule has 4 aromatic heterocycles. The van der Waals surface area contributed by atoms with Gasteiger partial charge in [0.15, 0.2) is 0 Å². The summed E-state index contributed by atoms with van der Waals surface area (Å²) in [5.74, 6) is 3.33. The Balaban J connectivity index is -0.000000163. The molecule has 0 aliphatic carbocycles. The molecule has 0 atom stereocenters. The number of rotatable bonds is 0. The molecule has 4 heterocycles. The number of H-pyrrole nitrogens is 2. The maximum atomic E-state index is 4.33. The third kappa shape index (κ3) is 96.0. The third-order valence-corrected chi connectivity index (χ3v) is 2.12. The van der Waals surface area contributed by atoms with Crippen LogP contribution in [0.1, 0.15) is 83.1 Å². The van der Waals surface area contributed by atoms with Crippen molar-refractivity contribution in [3.63, 3.8) is 0 Å². The van der Waals surface area contributed by atoms with Crippen LogP contribution in [0.3, 0.4) is 0 Å². The Bertz CT molecular complexity index is 497. The van der Waals surface area contributed by atoms with Crippen molar-refractivity contribution in [2.45, 2.75) is 83.1 Å². The van der Waals surface area contributed by atoms with Gasteiger partial charge in [-0.25, -0.2) is 4.37 Å². The average molecular weight is 522 g/mol. The van der Waals surface area contributed by atoms with E-state index < -0.39 is 0 Å². The molecular weight excluding hydrogens is 466 g/mol. The molecule has 4 rings (SSSR count). The summed E-state index contributed by atoms with van der Waals surface area (Å²) in [4.78, 5) is 2.86. The van der Waals surface area contributed by atoms with Crippen LogP contribution in [0.25, 0.3) is 0 Å². The monoisotopic (exact) mass is 521 g/mol. The Morgan fingerprint density at radius 2 is 1.08 bits per heavy atom. The zero-order valence-electron chi connectivity index (χ0n) is 25.0. The summed E-state index contributed by atoms with van der Waals surface area (Å²) in [5.41, 5.74) is 0. The fourth-order valence-corrected chi connectivity index (χ4v) is 1.20. The molecule has 208 valence electrons. The lowest BCUT2D eigenvalue weighted by Gasteiger charge is -1.79. The highest BCUT2D eigenvalue weighted by Gasteiger charge is 1.69. The van der Waals surface area contributed by atoms with Crippen LogP contribution in [-0.2, 0) is 0 Å². The van der Waals surface area contributed by atoms with Crippen LogP contribution >= 0.6 is 11.5 Å². The van der Waals surface area contributed by atoms with Crippen LogP contribution in [0.4, 0.5) is 0 Å². The van der Waals surface area contributed by atoms with Crippen LogP contribution in [-0.4, -0.2) is 24.7 Å². The van der Waals surface area contributed by atoms with Gasteiger partial charge < -0.3 is 9.51 Å². The quantitative estimate of drug-likeness (QED) is 0.241. The van der Waals surface area contributed by atoms with Crippen molar-refractivity contribution in [1.29, 1.82) is 0 Å². The molecular formula is C29H55N5OS. The van der Waals surface area contributed by atoms with E-state index in [0.717, 1.165) is 23.7 Å². The molecule has 6 nitrogen and oxygen atoms in total. The van der Waals surface area contributed by atoms with Crippen LogP contribution in [0, 0.1) is 23.7 Å². The first-order chi connectivity index (χ1) is 16.9. The normalized spacial score (nSPS) is 8.44. The largest absolute Gasteiger partial charge is 0.368 e. The smallest absolute Gasteiger partial charge is 0.123 e. The fourth-order valence-electron chi connectivity index (χ4n) is 0.844. The van der Waals surface area contributed by atoms with Gasteiger partial charge in [-0.3, -0.25) is 5.10 Å². The molecule has 0 spiro atoms. The molecule has 0 aliphatic rings. The number of hydrogen-bond donors (Lipinski definition) is 2. The zero-order valence-corrected chi connectivity index (χ0v) is 25.8. The Hall–Kier alpha value is -2.67. The Morgan fingerprint density at radius 1 is 0.583 bits per heavy atom. The Labute approximate surface area is 226 Å². The first kappa shape index (κ1) is 40.5. The second-order valence-electron chi connectivity index (χ2n) is 9.96. The highest BCUT2D eigenvalue weighted by Crippen LogP contribution is 1.84. The van der Waals surface area contributed by atoms with E-state index in [2.05, 4.69) is 112 Å². The zero-order chi connectivity index (χ0) is 28.5. The fraction of sp³-hybridized carbons (Fsp3) is 0.552. The summed E-state index contributed by atoms with van der Waals surface area (Å²) in [6, 6.07) is 9.35. The van der Waals surface area contributed by atoms with E-state index in [1.807, 2.05) is 42.0 Å². The molecule has 0 fully saturated rings. The van der Waals surface area contributed by atoms with E-state index in [4.69, 9.17) is 0 Å². The third-order valence-electron chi connectivity index (χ3n) is 1.60. The molecule has 0 unspecified atom stereocenters. The summed E-state index contributed by atoms with van der Waals surface area (Å²) in [5, 5.41) is 11.5. The topological polar surface area (TPSA) is 83.4 Å². The van der Waals surface area contributed by atoms with Crippen molar-refractivity contribution in [1.82, 2.24) is 24.7 Å². The Morgan fingerprint density at radius 3 is 1.19 bits per heavy atom. The summed E-state index contributed by atoms with van der Waals surface area (Å²) in [6.07, 6.45) is 12.1. The van der Waals surface area contributed by atoms with Crippen molar-refractivity contribution < 1.29 is 4.52 Å². The lowest BCUT2D eigenvalue weighted by atomic mass is 10.3. The van der Waals surface area contributed by atoms with Crippen molar-refractivity contribution in [2.24, 2.45) is 23.7 Å². The molecule has 0 aromatic carbocycles. The van der Waals surface area contributed by atoms with Gasteiger partial charge in [-0.2, -0.15) is 5.10 Å². The second-order valence-corrected chi connectivity index (χ2v) is 10.7. The van der Waals surface area contributed by atoms with Crippen molar-refractivity contribution in [3.05, 3.63) is 79.2 Å². The average Bonchev–Trinajstić information content (AvgIpc) is 3.60.